The highest BCUT2D eigenvalue weighted by Gasteiger charge is 2.46. The molecule has 1 aromatic rings. The topological polar surface area (TPSA) is 23.5 Å². The molecule has 2 heteroatoms. The first-order valence-corrected chi connectivity index (χ1v) is 7.19. The molecule has 0 aliphatic carbocycles. The summed E-state index contributed by atoms with van der Waals surface area (Å²) in [5, 5.41) is 11.0. The summed E-state index contributed by atoms with van der Waals surface area (Å²) >= 11 is 0. The number of piperidine rings is 1. The number of fused-ring (bicyclic) bond motifs is 1. The fraction of sp³-hybridized carbons (Fsp3) is 0.625. The predicted octanol–water partition coefficient (Wildman–Crippen LogP) is 2.53. The number of aryl methyl sites for hydroxylation is 1. The Bertz CT molecular complexity index is 431. The molecular weight excluding hydrogens is 222 g/mol. The average Bonchev–Trinajstić information content (AvgIpc) is 2.68. The minimum Gasteiger partial charge on any atom is -0.388 e. The zero-order valence-electron chi connectivity index (χ0n) is 11.2. The third-order valence-electron chi connectivity index (χ3n) is 4.66. The lowest BCUT2D eigenvalue weighted by Gasteiger charge is -2.37. The standard InChI is InChI=1S/C16H23NO/c1-13-5-4-6-14(11-13)12-16(18)8-10-17-9-3-2-7-15(16)17/h4-6,11,15,18H,2-3,7-10,12H2,1H3. The monoisotopic (exact) mass is 245 g/mol. The van der Waals surface area contributed by atoms with E-state index in [0.717, 1.165) is 19.4 Å². The molecule has 18 heavy (non-hydrogen) atoms. The fourth-order valence-electron chi connectivity index (χ4n) is 3.75. The van der Waals surface area contributed by atoms with Crippen LogP contribution in [0.15, 0.2) is 24.3 Å². The Morgan fingerprint density at radius 1 is 1.33 bits per heavy atom. The van der Waals surface area contributed by atoms with E-state index in [-0.39, 0.29) is 0 Å². The molecule has 1 N–H and O–H groups in total. The van der Waals surface area contributed by atoms with Gasteiger partial charge in [-0.25, -0.2) is 0 Å². The largest absolute Gasteiger partial charge is 0.388 e. The molecule has 0 aromatic heterocycles. The Hall–Kier alpha value is -0.860. The Balaban J connectivity index is 1.78. The zero-order chi connectivity index (χ0) is 12.6. The van der Waals surface area contributed by atoms with Crippen LogP contribution in [0.3, 0.4) is 0 Å². The van der Waals surface area contributed by atoms with E-state index >= 15 is 0 Å². The summed E-state index contributed by atoms with van der Waals surface area (Å²) < 4.78 is 0. The van der Waals surface area contributed by atoms with E-state index in [1.165, 1.54) is 36.9 Å². The summed E-state index contributed by atoms with van der Waals surface area (Å²) in [6, 6.07) is 8.98. The van der Waals surface area contributed by atoms with E-state index < -0.39 is 5.60 Å². The first kappa shape index (κ1) is 12.2. The van der Waals surface area contributed by atoms with Crippen LogP contribution in [0.5, 0.6) is 0 Å². The van der Waals surface area contributed by atoms with Gasteiger partial charge in [0.15, 0.2) is 0 Å². The maximum Gasteiger partial charge on any atom is 0.0854 e. The molecule has 2 saturated heterocycles. The molecule has 2 unspecified atom stereocenters. The zero-order valence-corrected chi connectivity index (χ0v) is 11.2. The van der Waals surface area contributed by atoms with Gasteiger partial charge >= 0.3 is 0 Å². The van der Waals surface area contributed by atoms with Crippen molar-refractivity contribution in [1.29, 1.82) is 0 Å². The summed E-state index contributed by atoms with van der Waals surface area (Å²) in [4.78, 5) is 2.50. The van der Waals surface area contributed by atoms with E-state index in [0.29, 0.717) is 6.04 Å². The summed E-state index contributed by atoms with van der Waals surface area (Å²) in [5.41, 5.74) is 2.08. The van der Waals surface area contributed by atoms with Gasteiger partial charge in [0.1, 0.15) is 0 Å². The minimum absolute atomic E-state index is 0.395. The molecule has 0 bridgehead atoms. The molecule has 98 valence electrons. The number of hydrogen-bond donors (Lipinski definition) is 1. The van der Waals surface area contributed by atoms with E-state index in [9.17, 15) is 5.11 Å². The van der Waals surface area contributed by atoms with Crippen molar-refractivity contribution in [3.05, 3.63) is 35.4 Å². The maximum absolute atomic E-state index is 11.0. The van der Waals surface area contributed by atoms with Crippen LogP contribution < -0.4 is 0 Å². The molecule has 2 nitrogen and oxygen atoms in total. The molecule has 0 amide bonds. The second-order valence-electron chi connectivity index (χ2n) is 6.07. The van der Waals surface area contributed by atoms with Gasteiger partial charge < -0.3 is 5.11 Å². The second kappa shape index (κ2) is 4.67. The van der Waals surface area contributed by atoms with E-state index in [4.69, 9.17) is 0 Å². The molecule has 2 heterocycles. The van der Waals surface area contributed by atoms with Gasteiger partial charge in [-0.3, -0.25) is 4.90 Å². The van der Waals surface area contributed by atoms with E-state index in [1.807, 2.05) is 0 Å². The van der Waals surface area contributed by atoms with Crippen LogP contribution in [0.1, 0.15) is 36.8 Å². The lowest BCUT2D eigenvalue weighted by Crippen LogP contribution is -2.48. The van der Waals surface area contributed by atoms with Gasteiger partial charge in [0.25, 0.3) is 0 Å². The highest BCUT2D eigenvalue weighted by atomic mass is 16.3. The Labute approximate surface area is 110 Å². The SMILES string of the molecule is Cc1cccc(CC2(O)CCN3CCCCC32)c1. The molecular formula is C16H23NO. The van der Waals surface area contributed by atoms with Gasteiger partial charge in [0.2, 0.25) is 0 Å². The quantitative estimate of drug-likeness (QED) is 0.865. The first-order chi connectivity index (χ1) is 8.67. The Morgan fingerprint density at radius 2 is 2.22 bits per heavy atom. The Morgan fingerprint density at radius 3 is 3.06 bits per heavy atom. The van der Waals surface area contributed by atoms with Gasteiger partial charge in [-0.15, -0.1) is 0 Å². The fourth-order valence-corrected chi connectivity index (χ4v) is 3.75. The van der Waals surface area contributed by atoms with E-state index in [2.05, 4.69) is 36.1 Å². The molecule has 1 aromatic carbocycles. The minimum atomic E-state index is -0.492. The third-order valence-corrected chi connectivity index (χ3v) is 4.66. The van der Waals surface area contributed by atoms with Crippen molar-refractivity contribution in [3.63, 3.8) is 0 Å². The molecule has 0 spiro atoms. The van der Waals surface area contributed by atoms with Crippen LogP contribution in [0, 0.1) is 6.92 Å². The lowest BCUT2D eigenvalue weighted by atomic mass is 9.83. The molecule has 2 atom stereocenters. The van der Waals surface area contributed by atoms with Crippen molar-refractivity contribution in [2.24, 2.45) is 0 Å². The van der Waals surface area contributed by atoms with Gasteiger partial charge in [0.05, 0.1) is 5.60 Å². The number of benzene rings is 1. The van der Waals surface area contributed by atoms with Crippen molar-refractivity contribution in [1.82, 2.24) is 4.90 Å². The second-order valence-corrected chi connectivity index (χ2v) is 6.07. The predicted molar refractivity (Wildman–Crippen MR) is 73.7 cm³/mol. The lowest BCUT2D eigenvalue weighted by molar-refractivity contribution is -0.00886. The van der Waals surface area contributed by atoms with Crippen molar-refractivity contribution in [3.8, 4) is 0 Å². The van der Waals surface area contributed by atoms with Crippen LogP contribution in [0.2, 0.25) is 0 Å². The molecule has 0 saturated carbocycles. The Kier molecular flexibility index (Phi) is 3.16. The van der Waals surface area contributed by atoms with Crippen molar-refractivity contribution < 1.29 is 5.11 Å². The van der Waals surface area contributed by atoms with E-state index in [1.54, 1.807) is 0 Å². The van der Waals surface area contributed by atoms with Crippen molar-refractivity contribution in [2.45, 2.75) is 50.7 Å². The molecule has 2 aliphatic heterocycles. The van der Waals surface area contributed by atoms with Crippen LogP contribution in [0.25, 0.3) is 0 Å². The summed E-state index contributed by atoms with van der Waals surface area (Å²) in [7, 11) is 0. The molecule has 3 rings (SSSR count). The first-order valence-electron chi connectivity index (χ1n) is 7.19. The molecule has 0 radical (unpaired) electrons. The number of hydrogen-bond acceptors (Lipinski definition) is 2. The van der Waals surface area contributed by atoms with Crippen LogP contribution in [0.4, 0.5) is 0 Å². The summed E-state index contributed by atoms with van der Waals surface area (Å²) in [6.45, 7) is 4.38. The average molecular weight is 245 g/mol. The van der Waals surface area contributed by atoms with Crippen LogP contribution in [-0.2, 0) is 6.42 Å². The molecule has 2 fully saturated rings. The van der Waals surface area contributed by atoms with Gasteiger partial charge in [-0.05, 0) is 38.3 Å². The normalized spacial score (nSPS) is 32.4. The third kappa shape index (κ3) is 2.19. The van der Waals surface area contributed by atoms with Gasteiger partial charge in [-0.2, -0.15) is 0 Å². The van der Waals surface area contributed by atoms with Gasteiger partial charge in [-0.1, -0.05) is 36.2 Å². The van der Waals surface area contributed by atoms with Crippen LogP contribution >= 0.6 is 0 Å². The summed E-state index contributed by atoms with van der Waals surface area (Å²) in [5.74, 6) is 0. The smallest absolute Gasteiger partial charge is 0.0854 e. The van der Waals surface area contributed by atoms with Gasteiger partial charge in [0, 0.05) is 19.0 Å². The maximum atomic E-state index is 11.0. The molecule has 2 aliphatic rings. The number of nitrogens with zero attached hydrogens (tertiary/aromatic N) is 1. The van der Waals surface area contributed by atoms with Crippen molar-refractivity contribution >= 4 is 0 Å². The summed E-state index contributed by atoms with van der Waals surface area (Å²) in [6.07, 6.45) is 5.50. The number of aliphatic hydroxyl groups is 1. The number of rotatable bonds is 2. The van der Waals surface area contributed by atoms with Crippen LogP contribution in [-0.4, -0.2) is 34.7 Å². The van der Waals surface area contributed by atoms with Crippen molar-refractivity contribution in [2.75, 3.05) is 13.1 Å². The highest BCUT2D eigenvalue weighted by molar-refractivity contribution is 5.25. The highest BCUT2D eigenvalue weighted by Crippen LogP contribution is 2.37.